The SMILES string of the molecule is C[Si](C)(C)c1cc2cc3cc4cc5cc([Si](C)(C)C)c([Si](C)(C)C)cc5cc4c(Cl)c3cc2cc1[Si](C)(C)C. The molecule has 0 bridgehead atoms. The first kappa shape index (κ1) is 28.8. The fraction of sp³-hybridized carbons (Fsp3) is 0.353. The highest BCUT2D eigenvalue weighted by molar-refractivity contribution is 6.99. The van der Waals surface area contributed by atoms with Crippen molar-refractivity contribution in [3.63, 3.8) is 0 Å². The van der Waals surface area contributed by atoms with Crippen LogP contribution in [0, 0.1) is 0 Å². The zero-order valence-corrected chi connectivity index (χ0v) is 30.8. The fourth-order valence-corrected chi connectivity index (χ4v) is 16.9. The van der Waals surface area contributed by atoms with E-state index in [-0.39, 0.29) is 0 Å². The van der Waals surface area contributed by atoms with Crippen molar-refractivity contribution >= 4 is 108 Å². The van der Waals surface area contributed by atoms with Crippen molar-refractivity contribution in [1.82, 2.24) is 0 Å². The highest BCUT2D eigenvalue weighted by Gasteiger charge is 2.29. The summed E-state index contributed by atoms with van der Waals surface area (Å²) in [5.74, 6) is 0. The van der Waals surface area contributed by atoms with Gasteiger partial charge in [-0.05, 0) is 62.6 Å². The molecule has 204 valence electrons. The van der Waals surface area contributed by atoms with Gasteiger partial charge >= 0.3 is 0 Å². The predicted molar refractivity (Wildman–Crippen MR) is 193 cm³/mol. The highest BCUT2D eigenvalue weighted by atomic mass is 35.5. The van der Waals surface area contributed by atoms with Crippen LogP contribution in [-0.4, -0.2) is 32.3 Å². The van der Waals surface area contributed by atoms with E-state index < -0.39 is 32.3 Å². The molecule has 5 aromatic carbocycles. The molecular formula is C34H45ClSi4. The van der Waals surface area contributed by atoms with Gasteiger partial charge in [0.1, 0.15) is 0 Å². The summed E-state index contributed by atoms with van der Waals surface area (Å²) in [6.45, 7) is 29.8. The first-order chi connectivity index (χ1) is 17.7. The average molecular weight is 602 g/mol. The minimum atomic E-state index is -1.49. The topological polar surface area (TPSA) is 0 Å². The standard InChI is InChI=1S/C34H45ClSi4/c1-36(2,3)30-18-22-13-26-15-27-14-23-19-31(37(4,5)6)33(39(10,11)12)21-25(23)17-29(27)34(35)28(26)16-24(22)20-32(30)38(7,8)9/h13-21H,1-12H3. The third-order valence-electron chi connectivity index (χ3n) is 8.31. The van der Waals surface area contributed by atoms with E-state index >= 15 is 0 Å². The van der Waals surface area contributed by atoms with Gasteiger partial charge in [0.25, 0.3) is 0 Å². The smallest absolute Gasteiger partial charge is 0.0774 e. The van der Waals surface area contributed by atoms with Crippen molar-refractivity contribution in [3.8, 4) is 0 Å². The molecule has 0 aromatic heterocycles. The highest BCUT2D eigenvalue weighted by Crippen LogP contribution is 2.37. The van der Waals surface area contributed by atoms with Crippen molar-refractivity contribution < 1.29 is 0 Å². The first-order valence-corrected chi connectivity index (χ1v) is 28.8. The van der Waals surface area contributed by atoms with Crippen LogP contribution in [0.25, 0.3) is 43.1 Å². The van der Waals surface area contributed by atoms with Crippen molar-refractivity contribution in [3.05, 3.63) is 59.6 Å². The Bertz CT molecular complexity index is 1660. The Labute approximate surface area is 244 Å². The van der Waals surface area contributed by atoms with Gasteiger partial charge in [0, 0.05) is 10.8 Å². The Kier molecular flexibility index (Phi) is 6.76. The molecule has 0 saturated carbocycles. The van der Waals surface area contributed by atoms with Crippen molar-refractivity contribution in [1.29, 1.82) is 0 Å². The van der Waals surface area contributed by atoms with Gasteiger partial charge in [0.15, 0.2) is 0 Å². The number of halogens is 1. The van der Waals surface area contributed by atoms with Gasteiger partial charge in [-0.1, -0.05) is 135 Å². The van der Waals surface area contributed by atoms with Gasteiger partial charge in [0.2, 0.25) is 0 Å². The van der Waals surface area contributed by atoms with Crippen LogP contribution < -0.4 is 20.7 Å². The summed E-state index contributed by atoms with van der Waals surface area (Å²) in [5, 5.41) is 17.5. The minimum Gasteiger partial charge on any atom is -0.0830 e. The van der Waals surface area contributed by atoms with E-state index in [0.29, 0.717) is 0 Å². The molecule has 0 radical (unpaired) electrons. The Morgan fingerprint density at radius 2 is 0.564 bits per heavy atom. The molecule has 0 amide bonds. The van der Waals surface area contributed by atoms with E-state index in [4.69, 9.17) is 11.6 Å². The molecule has 0 fully saturated rings. The number of hydrogen-bond donors (Lipinski definition) is 0. The summed E-state index contributed by atoms with van der Waals surface area (Å²) < 4.78 is 0. The molecular weight excluding hydrogens is 556 g/mol. The monoisotopic (exact) mass is 600 g/mol. The number of fused-ring (bicyclic) bond motifs is 4. The molecule has 0 aliphatic rings. The van der Waals surface area contributed by atoms with E-state index in [0.717, 1.165) is 5.02 Å². The molecule has 0 atom stereocenters. The van der Waals surface area contributed by atoms with Crippen LogP contribution in [0.5, 0.6) is 0 Å². The lowest BCUT2D eigenvalue weighted by atomic mass is 9.97. The lowest BCUT2D eigenvalue weighted by molar-refractivity contribution is 1.69. The molecule has 5 rings (SSSR count). The molecule has 0 heterocycles. The summed E-state index contributed by atoms with van der Waals surface area (Å²) in [6, 6.07) is 21.9. The zero-order valence-electron chi connectivity index (χ0n) is 26.1. The fourth-order valence-electron chi connectivity index (χ4n) is 6.15. The molecule has 5 heteroatoms. The van der Waals surface area contributed by atoms with E-state index in [2.05, 4.69) is 133 Å². The Balaban J connectivity index is 1.84. The molecule has 0 saturated heterocycles. The van der Waals surface area contributed by atoms with E-state index in [1.807, 2.05) is 0 Å². The first-order valence-electron chi connectivity index (χ1n) is 14.4. The molecule has 0 unspecified atom stereocenters. The van der Waals surface area contributed by atoms with Crippen LogP contribution in [0.2, 0.25) is 83.6 Å². The maximum absolute atomic E-state index is 7.27. The van der Waals surface area contributed by atoms with Crippen molar-refractivity contribution in [2.45, 2.75) is 78.6 Å². The maximum atomic E-state index is 7.27. The molecule has 0 aliphatic carbocycles. The van der Waals surface area contributed by atoms with Gasteiger partial charge in [-0.2, -0.15) is 0 Å². The number of hydrogen-bond acceptors (Lipinski definition) is 0. The summed E-state index contributed by atoms with van der Waals surface area (Å²) in [4.78, 5) is 0. The average Bonchev–Trinajstić information content (AvgIpc) is 2.78. The summed E-state index contributed by atoms with van der Waals surface area (Å²) in [6.07, 6.45) is 0. The third kappa shape index (κ3) is 5.24. The van der Waals surface area contributed by atoms with Gasteiger partial charge in [-0.15, -0.1) is 0 Å². The van der Waals surface area contributed by atoms with Crippen molar-refractivity contribution in [2.24, 2.45) is 0 Å². The number of rotatable bonds is 4. The quantitative estimate of drug-likeness (QED) is 0.142. The van der Waals surface area contributed by atoms with Crippen LogP contribution in [-0.2, 0) is 0 Å². The largest absolute Gasteiger partial charge is 0.0830 e. The predicted octanol–water partition coefficient (Wildman–Crippen LogP) is 9.13. The van der Waals surface area contributed by atoms with Crippen LogP contribution in [0.3, 0.4) is 0 Å². The van der Waals surface area contributed by atoms with Crippen LogP contribution in [0.15, 0.2) is 54.6 Å². The third-order valence-corrected chi connectivity index (χ3v) is 17.3. The second-order valence-corrected chi connectivity index (χ2v) is 36.4. The lowest BCUT2D eigenvalue weighted by Crippen LogP contribution is -2.56. The molecule has 39 heavy (non-hydrogen) atoms. The van der Waals surface area contributed by atoms with E-state index in [1.54, 1.807) is 20.7 Å². The Hall–Kier alpha value is -1.70. The van der Waals surface area contributed by atoms with Gasteiger partial charge in [-0.3, -0.25) is 0 Å². The molecule has 0 N–H and O–H groups in total. The van der Waals surface area contributed by atoms with Gasteiger partial charge in [-0.25, -0.2) is 0 Å². The lowest BCUT2D eigenvalue weighted by Gasteiger charge is -2.29. The summed E-state index contributed by atoms with van der Waals surface area (Å²) in [7, 11) is -5.95. The zero-order chi connectivity index (χ0) is 28.9. The van der Waals surface area contributed by atoms with Gasteiger partial charge in [0.05, 0.1) is 37.3 Å². The van der Waals surface area contributed by atoms with E-state index in [9.17, 15) is 0 Å². The van der Waals surface area contributed by atoms with Gasteiger partial charge < -0.3 is 0 Å². The molecule has 5 aromatic rings. The van der Waals surface area contributed by atoms with E-state index in [1.165, 1.54) is 43.1 Å². The minimum absolute atomic E-state index is 0.888. The van der Waals surface area contributed by atoms with Crippen LogP contribution >= 0.6 is 11.6 Å². The number of benzene rings is 5. The summed E-state index contributed by atoms with van der Waals surface area (Å²) >= 11 is 7.27. The normalized spacial score (nSPS) is 13.8. The Morgan fingerprint density at radius 3 is 0.821 bits per heavy atom. The molecule has 0 spiro atoms. The van der Waals surface area contributed by atoms with Crippen molar-refractivity contribution in [2.75, 3.05) is 0 Å². The van der Waals surface area contributed by atoms with Crippen LogP contribution in [0.1, 0.15) is 0 Å². The maximum Gasteiger partial charge on any atom is 0.0774 e. The second-order valence-electron chi connectivity index (χ2n) is 15.8. The Morgan fingerprint density at radius 1 is 0.333 bits per heavy atom. The van der Waals surface area contributed by atoms with Crippen LogP contribution in [0.4, 0.5) is 0 Å². The summed E-state index contributed by atoms with van der Waals surface area (Å²) in [5.41, 5.74) is 0. The molecule has 0 aliphatic heterocycles. The second kappa shape index (κ2) is 9.15. The molecule has 0 nitrogen and oxygen atoms in total.